The molecular weight excluding hydrogens is 380 g/mol. The maximum atomic E-state index is 12.6. The number of carbonyl (C=O) groups excluding carboxylic acids is 2. The van der Waals surface area contributed by atoms with Gasteiger partial charge in [0.25, 0.3) is 5.91 Å². The normalized spacial score (nSPS) is 21.7. The van der Waals surface area contributed by atoms with Gasteiger partial charge in [0, 0.05) is 37.8 Å². The van der Waals surface area contributed by atoms with Gasteiger partial charge in [0.1, 0.15) is 0 Å². The maximum absolute atomic E-state index is 12.6. The highest BCUT2D eigenvalue weighted by atomic mass is 35.5. The van der Waals surface area contributed by atoms with Crippen LogP contribution in [0.4, 0.5) is 0 Å². The molecule has 0 spiro atoms. The Morgan fingerprint density at radius 3 is 2.50 bits per heavy atom. The monoisotopic (exact) mass is 402 g/mol. The number of carbonyl (C=O) groups is 2. The topological polar surface area (TPSA) is 113 Å². The number of nitrogens with one attached hydrogen (secondary N) is 1. The van der Waals surface area contributed by atoms with Crippen LogP contribution < -0.4 is 11.1 Å². The number of hydrogen-bond acceptors (Lipinski definition) is 5. The lowest BCUT2D eigenvalue weighted by atomic mass is 10.1. The smallest absolute Gasteiger partial charge is 0.253 e. The number of hydrogen-bond donors (Lipinski definition) is 2. The summed E-state index contributed by atoms with van der Waals surface area (Å²) in [4.78, 5) is 25.7. The largest absolute Gasteiger partial charge is 0.354 e. The molecule has 0 aromatic heterocycles. The molecule has 2 fully saturated rings. The third-order valence-electron chi connectivity index (χ3n) is 4.49. The fourth-order valence-electron chi connectivity index (χ4n) is 3.12. The Morgan fingerprint density at radius 1 is 1.19 bits per heavy atom. The Bertz CT molecular complexity index is 769. The zero-order valence-electron chi connectivity index (χ0n) is 14.3. The number of likely N-dealkylation sites (tertiary alicyclic amines) is 1. The van der Waals surface area contributed by atoms with E-state index in [0.29, 0.717) is 25.2 Å². The van der Waals surface area contributed by atoms with Crippen LogP contribution in [0.25, 0.3) is 0 Å². The maximum Gasteiger partial charge on any atom is 0.253 e. The Balaban J connectivity index is 0.00000243. The molecule has 3 N–H and O–H groups in total. The van der Waals surface area contributed by atoms with Crippen LogP contribution in [0, 0.1) is 0 Å². The molecule has 2 aliphatic heterocycles. The van der Waals surface area contributed by atoms with Crippen LogP contribution in [-0.4, -0.2) is 68.2 Å². The van der Waals surface area contributed by atoms with Gasteiger partial charge < -0.3 is 16.0 Å². The van der Waals surface area contributed by atoms with E-state index in [9.17, 15) is 18.0 Å². The fourth-order valence-corrected chi connectivity index (χ4v) is 4.51. The van der Waals surface area contributed by atoms with Crippen molar-refractivity contribution in [2.75, 3.05) is 32.7 Å². The van der Waals surface area contributed by atoms with Crippen molar-refractivity contribution in [2.24, 2.45) is 5.73 Å². The molecule has 26 heavy (non-hydrogen) atoms. The van der Waals surface area contributed by atoms with E-state index in [1.54, 1.807) is 4.90 Å². The summed E-state index contributed by atoms with van der Waals surface area (Å²) in [5.41, 5.74) is 6.34. The summed E-state index contributed by atoms with van der Waals surface area (Å²) < 4.78 is 26.3. The second-order valence-corrected chi connectivity index (χ2v) is 8.30. The molecule has 2 amide bonds. The number of amides is 2. The summed E-state index contributed by atoms with van der Waals surface area (Å²) in [6.45, 7) is 1.52. The number of rotatable bonds is 3. The first-order valence-electron chi connectivity index (χ1n) is 8.30. The van der Waals surface area contributed by atoms with Crippen molar-refractivity contribution < 1.29 is 18.0 Å². The number of halogens is 1. The molecule has 0 bridgehead atoms. The fraction of sp³-hybridized carbons (Fsp3) is 0.500. The second kappa shape index (κ2) is 8.34. The number of piperazine rings is 1. The standard InChI is InChI=1S/C16H22N4O4S.ClH/c17-13-2-1-8-19(10-13)16(22)12-3-5-14(6-4-12)25(23,24)20-9-7-18-15(21)11-20;/h3-6,13H,1-2,7-11,17H2,(H,18,21);1H. The Hall–Kier alpha value is -1.68. The minimum absolute atomic E-state index is 0. The van der Waals surface area contributed by atoms with Gasteiger partial charge in [-0.05, 0) is 37.1 Å². The third kappa shape index (κ3) is 4.35. The first kappa shape index (κ1) is 20.6. The zero-order chi connectivity index (χ0) is 18.0. The number of piperidine rings is 1. The molecule has 2 aliphatic rings. The highest BCUT2D eigenvalue weighted by Crippen LogP contribution is 2.19. The van der Waals surface area contributed by atoms with Gasteiger partial charge in [-0.2, -0.15) is 4.31 Å². The van der Waals surface area contributed by atoms with E-state index >= 15 is 0 Å². The molecule has 2 heterocycles. The number of benzene rings is 1. The van der Waals surface area contributed by atoms with E-state index in [4.69, 9.17) is 5.73 Å². The molecule has 2 saturated heterocycles. The SMILES string of the molecule is Cl.NC1CCCN(C(=O)c2ccc(S(=O)(=O)N3CCNC(=O)C3)cc2)C1. The predicted octanol–water partition coefficient (Wildman–Crippen LogP) is -0.208. The van der Waals surface area contributed by atoms with Crippen LogP contribution in [0.15, 0.2) is 29.2 Å². The molecule has 3 rings (SSSR count). The Kier molecular flexibility index (Phi) is 6.62. The van der Waals surface area contributed by atoms with Gasteiger partial charge in [-0.1, -0.05) is 0 Å². The predicted molar refractivity (Wildman–Crippen MR) is 98.6 cm³/mol. The minimum atomic E-state index is -3.74. The van der Waals surface area contributed by atoms with E-state index in [1.165, 1.54) is 24.3 Å². The first-order valence-corrected chi connectivity index (χ1v) is 9.74. The summed E-state index contributed by atoms with van der Waals surface area (Å²) in [5, 5.41) is 2.59. The first-order chi connectivity index (χ1) is 11.9. The van der Waals surface area contributed by atoms with Gasteiger partial charge in [-0.25, -0.2) is 8.42 Å². The summed E-state index contributed by atoms with van der Waals surface area (Å²) in [6.07, 6.45) is 1.78. The lowest BCUT2D eigenvalue weighted by molar-refractivity contribution is -0.122. The molecular formula is C16H23ClN4O4S. The summed E-state index contributed by atoms with van der Waals surface area (Å²) >= 11 is 0. The highest BCUT2D eigenvalue weighted by Gasteiger charge is 2.29. The van der Waals surface area contributed by atoms with Gasteiger partial charge in [-0.3, -0.25) is 9.59 Å². The van der Waals surface area contributed by atoms with Crippen molar-refractivity contribution in [3.05, 3.63) is 29.8 Å². The third-order valence-corrected chi connectivity index (χ3v) is 6.35. The highest BCUT2D eigenvalue weighted by molar-refractivity contribution is 7.89. The van der Waals surface area contributed by atoms with Crippen molar-refractivity contribution >= 4 is 34.2 Å². The van der Waals surface area contributed by atoms with Crippen LogP contribution in [-0.2, 0) is 14.8 Å². The van der Waals surface area contributed by atoms with Crippen LogP contribution in [0.3, 0.4) is 0 Å². The minimum Gasteiger partial charge on any atom is -0.354 e. The lowest BCUT2D eigenvalue weighted by Gasteiger charge is -2.31. The molecule has 1 atom stereocenters. The molecule has 1 aromatic rings. The van der Waals surface area contributed by atoms with E-state index in [2.05, 4.69) is 5.32 Å². The molecule has 1 aromatic carbocycles. The van der Waals surface area contributed by atoms with Crippen molar-refractivity contribution in [1.29, 1.82) is 0 Å². The van der Waals surface area contributed by atoms with Crippen LogP contribution in [0.2, 0.25) is 0 Å². The molecule has 10 heteroatoms. The van der Waals surface area contributed by atoms with Crippen molar-refractivity contribution in [3.8, 4) is 0 Å². The summed E-state index contributed by atoms with van der Waals surface area (Å²) in [5.74, 6) is -0.459. The molecule has 0 radical (unpaired) electrons. The van der Waals surface area contributed by atoms with Gasteiger partial charge in [0.15, 0.2) is 0 Å². The number of nitrogens with two attached hydrogens (primary N) is 1. The lowest BCUT2D eigenvalue weighted by Crippen LogP contribution is -2.49. The van der Waals surface area contributed by atoms with Crippen LogP contribution in [0.1, 0.15) is 23.2 Å². The van der Waals surface area contributed by atoms with Crippen LogP contribution >= 0.6 is 12.4 Å². The van der Waals surface area contributed by atoms with Gasteiger partial charge in [0.2, 0.25) is 15.9 Å². The summed E-state index contributed by atoms with van der Waals surface area (Å²) in [6, 6.07) is 5.85. The number of nitrogens with zero attached hydrogens (tertiary/aromatic N) is 2. The van der Waals surface area contributed by atoms with Gasteiger partial charge in [-0.15, -0.1) is 12.4 Å². The van der Waals surface area contributed by atoms with E-state index in [0.717, 1.165) is 17.1 Å². The van der Waals surface area contributed by atoms with E-state index in [1.807, 2.05) is 0 Å². The average Bonchev–Trinajstić information content (AvgIpc) is 2.61. The average molecular weight is 403 g/mol. The van der Waals surface area contributed by atoms with Crippen LogP contribution in [0.5, 0.6) is 0 Å². The Morgan fingerprint density at radius 2 is 1.88 bits per heavy atom. The van der Waals surface area contributed by atoms with E-state index in [-0.39, 0.29) is 48.2 Å². The van der Waals surface area contributed by atoms with Crippen molar-refractivity contribution in [2.45, 2.75) is 23.8 Å². The van der Waals surface area contributed by atoms with Gasteiger partial charge in [0.05, 0.1) is 11.4 Å². The zero-order valence-corrected chi connectivity index (χ0v) is 15.9. The van der Waals surface area contributed by atoms with Crippen molar-refractivity contribution in [3.63, 3.8) is 0 Å². The van der Waals surface area contributed by atoms with Crippen molar-refractivity contribution in [1.82, 2.24) is 14.5 Å². The second-order valence-electron chi connectivity index (χ2n) is 6.37. The molecule has 144 valence electrons. The van der Waals surface area contributed by atoms with Gasteiger partial charge >= 0.3 is 0 Å². The quantitative estimate of drug-likeness (QED) is 0.726. The number of sulfonamides is 1. The summed E-state index contributed by atoms with van der Waals surface area (Å²) in [7, 11) is -3.74. The molecule has 8 nitrogen and oxygen atoms in total. The van der Waals surface area contributed by atoms with E-state index < -0.39 is 10.0 Å². The molecule has 0 aliphatic carbocycles. The Labute approximate surface area is 159 Å². The molecule has 1 unspecified atom stereocenters. The molecule has 0 saturated carbocycles.